The third-order valence-electron chi connectivity index (χ3n) is 2.45. The third-order valence-corrected chi connectivity index (χ3v) is 3.40. The topological polar surface area (TPSA) is 50.9 Å². The molecule has 0 saturated carbocycles. The second-order valence-electron chi connectivity index (χ2n) is 3.45. The lowest BCUT2D eigenvalue weighted by molar-refractivity contribution is 0.483. The van der Waals surface area contributed by atoms with E-state index in [0.717, 1.165) is 19.3 Å². The van der Waals surface area contributed by atoms with Crippen LogP contribution in [0.1, 0.15) is 17.0 Å². The third kappa shape index (κ3) is 3.53. The minimum absolute atomic E-state index is 0. The van der Waals surface area contributed by atoms with Crippen molar-refractivity contribution in [2.75, 3.05) is 12.3 Å². The van der Waals surface area contributed by atoms with Gasteiger partial charge in [0, 0.05) is 10.9 Å². The molecular formula is C10H15Cl2N3S. The van der Waals surface area contributed by atoms with Crippen molar-refractivity contribution in [3.63, 3.8) is 0 Å². The molecule has 1 atom stereocenters. The Morgan fingerprint density at radius 2 is 2.31 bits per heavy atom. The quantitative estimate of drug-likeness (QED) is 0.810. The molecule has 1 aliphatic carbocycles. The Morgan fingerprint density at radius 1 is 1.56 bits per heavy atom. The average molecular weight is 280 g/mol. The highest BCUT2D eigenvalue weighted by Gasteiger charge is 2.21. The fraction of sp³-hybridized carbons (Fsp3) is 0.500. The van der Waals surface area contributed by atoms with Gasteiger partial charge in [0.05, 0.1) is 12.2 Å². The Morgan fingerprint density at radius 3 is 3.00 bits per heavy atom. The van der Waals surface area contributed by atoms with Crippen LogP contribution in [0.25, 0.3) is 0 Å². The molecule has 1 unspecified atom stereocenters. The van der Waals surface area contributed by atoms with Gasteiger partial charge >= 0.3 is 0 Å². The molecule has 2 rings (SSSR count). The van der Waals surface area contributed by atoms with Gasteiger partial charge in [-0.2, -0.15) is 0 Å². The summed E-state index contributed by atoms with van der Waals surface area (Å²) in [7, 11) is 0. The first-order valence-corrected chi connectivity index (χ1v) is 5.52. The number of anilines is 1. The molecule has 0 bridgehead atoms. The van der Waals surface area contributed by atoms with E-state index in [9.17, 15) is 0 Å². The van der Waals surface area contributed by atoms with E-state index in [1.165, 1.54) is 10.6 Å². The summed E-state index contributed by atoms with van der Waals surface area (Å²) in [5.74, 6) is 2.60. The number of terminal acetylenes is 1. The van der Waals surface area contributed by atoms with Gasteiger partial charge in [0.25, 0.3) is 0 Å². The smallest absolute Gasteiger partial charge is 0.180 e. The maximum Gasteiger partial charge on any atom is 0.180 e. The summed E-state index contributed by atoms with van der Waals surface area (Å²) < 4.78 is 0. The molecule has 3 N–H and O–H groups in total. The molecule has 0 aliphatic heterocycles. The summed E-state index contributed by atoms with van der Waals surface area (Å²) >= 11 is 1.60. The highest BCUT2D eigenvalue weighted by Crippen LogP contribution is 2.27. The van der Waals surface area contributed by atoms with Crippen molar-refractivity contribution in [3.8, 4) is 12.3 Å². The van der Waals surface area contributed by atoms with Crippen molar-refractivity contribution in [1.29, 1.82) is 0 Å². The zero-order valence-corrected chi connectivity index (χ0v) is 11.2. The first kappa shape index (κ1) is 15.5. The Kier molecular flexibility index (Phi) is 6.77. The number of hydrogen-bond donors (Lipinski definition) is 2. The lowest BCUT2D eigenvalue weighted by Crippen LogP contribution is -2.34. The second kappa shape index (κ2) is 6.97. The molecule has 16 heavy (non-hydrogen) atoms. The minimum Gasteiger partial charge on any atom is -0.375 e. The van der Waals surface area contributed by atoms with Crippen LogP contribution in [0.2, 0.25) is 0 Å². The number of nitrogens with zero attached hydrogens (tertiary/aromatic N) is 1. The lowest BCUT2D eigenvalue weighted by atomic mass is 9.98. The maximum atomic E-state index is 5.66. The van der Waals surface area contributed by atoms with Crippen LogP contribution in [0.4, 0.5) is 5.13 Å². The molecule has 0 amide bonds. The first-order valence-electron chi connectivity index (χ1n) is 4.70. The number of hydrogen-bond acceptors (Lipinski definition) is 4. The minimum atomic E-state index is 0. The SMILES string of the molecule is C#CCNC1CCc2nc(N)sc2C1.Cl.Cl. The van der Waals surface area contributed by atoms with Crippen LogP contribution in [0, 0.1) is 12.3 Å². The summed E-state index contributed by atoms with van der Waals surface area (Å²) in [5.41, 5.74) is 6.84. The molecule has 90 valence electrons. The fourth-order valence-electron chi connectivity index (χ4n) is 1.77. The number of fused-ring (bicyclic) bond motifs is 1. The van der Waals surface area contributed by atoms with E-state index in [1.807, 2.05) is 0 Å². The largest absolute Gasteiger partial charge is 0.375 e. The number of nitrogens with one attached hydrogen (secondary N) is 1. The molecule has 3 nitrogen and oxygen atoms in total. The number of nitrogens with two attached hydrogens (primary N) is 1. The summed E-state index contributed by atoms with van der Waals surface area (Å²) in [6.45, 7) is 0.647. The van der Waals surface area contributed by atoms with Crippen LogP contribution in [0.3, 0.4) is 0 Å². The monoisotopic (exact) mass is 279 g/mol. The molecule has 1 aliphatic rings. The van der Waals surface area contributed by atoms with Gasteiger partial charge in [0.2, 0.25) is 0 Å². The molecular weight excluding hydrogens is 265 g/mol. The van der Waals surface area contributed by atoms with Crippen molar-refractivity contribution in [3.05, 3.63) is 10.6 Å². The highest BCUT2D eigenvalue weighted by atomic mass is 35.5. The molecule has 0 saturated heterocycles. The van der Waals surface area contributed by atoms with E-state index in [4.69, 9.17) is 12.2 Å². The van der Waals surface area contributed by atoms with Gasteiger partial charge in [-0.05, 0) is 19.3 Å². The zero-order chi connectivity index (χ0) is 9.97. The van der Waals surface area contributed by atoms with Crippen molar-refractivity contribution in [2.45, 2.75) is 25.3 Å². The molecule has 0 aromatic carbocycles. The van der Waals surface area contributed by atoms with Gasteiger partial charge in [0.1, 0.15) is 0 Å². The predicted molar refractivity (Wildman–Crippen MR) is 73.7 cm³/mol. The van der Waals surface area contributed by atoms with Crippen LogP contribution in [0.5, 0.6) is 0 Å². The number of thiazole rings is 1. The van der Waals surface area contributed by atoms with Gasteiger partial charge in [-0.3, -0.25) is 0 Å². The van der Waals surface area contributed by atoms with Crippen molar-refractivity contribution in [1.82, 2.24) is 10.3 Å². The molecule has 1 aromatic heterocycles. The fourth-order valence-corrected chi connectivity index (χ4v) is 2.73. The van der Waals surface area contributed by atoms with E-state index >= 15 is 0 Å². The van der Waals surface area contributed by atoms with Crippen LogP contribution in [-0.4, -0.2) is 17.6 Å². The van der Waals surface area contributed by atoms with Crippen LogP contribution in [0.15, 0.2) is 0 Å². The Bertz CT molecular complexity index is 373. The molecule has 0 radical (unpaired) electrons. The van der Waals surface area contributed by atoms with E-state index in [1.54, 1.807) is 11.3 Å². The zero-order valence-electron chi connectivity index (χ0n) is 8.73. The number of nitrogen functional groups attached to an aromatic ring is 1. The van der Waals surface area contributed by atoms with Crippen molar-refractivity contribution in [2.24, 2.45) is 0 Å². The molecule has 1 aromatic rings. The molecule has 0 spiro atoms. The molecule has 6 heteroatoms. The standard InChI is InChI=1S/C10H13N3S.2ClH/c1-2-5-12-7-3-4-8-9(6-7)14-10(11)13-8;;/h1,7,12H,3-6H2,(H2,11,13);2*1H. The van der Waals surface area contributed by atoms with Crippen LogP contribution >= 0.6 is 36.2 Å². The summed E-state index contributed by atoms with van der Waals surface area (Å²) in [4.78, 5) is 5.62. The van der Waals surface area contributed by atoms with Crippen LogP contribution < -0.4 is 11.1 Å². The van der Waals surface area contributed by atoms with Gasteiger partial charge in [0.15, 0.2) is 5.13 Å². The van der Waals surface area contributed by atoms with E-state index in [2.05, 4.69) is 16.2 Å². The van der Waals surface area contributed by atoms with Crippen molar-refractivity contribution < 1.29 is 0 Å². The van der Waals surface area contributed by atoms with E-state index < -0.39 is 0 Å². The van der Waals surface area contributed by atoms with Gasteiger partial charge in [-0.15, -0.1) is 42.6 Å². The Balaban J connectivity index is 0.00000112. The number of rotatable bonds is 2. The first-order chi connectivity index (χ1) is 6.79. The van der Waals surface area contributed by atoms with Crippen molar-refractivity contribution >= 4 is 41.3 Å². The van der Waals surface area contributed by atoms with E-state index in [-0.39, 0.29) is 24.8 Å². The summed E-state index contributed by atoms with van der Waals surface area (Å²) in [6.07, 6.45) is 8.35. The number of halogens is 2. The molecule has 1 heterocycles. The van der Waals surface area contributed by atoms with Crippen LogP contribution in [-0.2, 0) is 12.8 Å². The predicted octanol–water partition coefficient (Wildman–Crippen LogP) is 1.65. The highest BCUT2D eigenvalue weighted by molar-refractivity contribution is 7.15. The summed E-state index contributed by atoms with van der Waals surface area (Å²) in [5, 5.41) is 4.01. The normalized spacial score (nSPS) is 17.6. The Hall–Kier alpha value is -0.470. The number of aromatic nitrogens is 1. The Labute approximate surface area is 112 Å². The summed E-state index contributed by atoms with van der Waals surface area (Å²) in [6, 6.07) is 0.499. The average Bonchev–Trinajstić information content (AvgIpc) is 2.54. The second-order valence-corrected chi connectivity index (χ2v) is 4.56. The number of aryl methyl sites for hydroxylation is 1. The van der Waals surface area contributed by atoms with Gasteiger partial charge < -0.3 is 11.1 Å². The van der Waals surface area contributed by atoms with E-state index in [0.29, 0.717) is 17.7 Å². The molecule has 0 fully saturated rings. The lowest BCUT2D eigenvalue weighted by Gasteiger charge is -2.21. The maximum absolute atomic E-state index is 5.66. The van der Waals surface area contributed by atoms with Gasteiger partial charge in [-0.1, -0.05) is 5.92 Å². The van der Waals surface area contributed by atoms with Gasteiger partial charge in [-0.25, -0.2) is 4.98 Å².